The maximum Gasteiger partial charge on any atom is 0.413 e. The van der Waals surface area contributed by atoms with Gasteiger partial charge in [-0.15, -0.1) is 0 Å². The Balaban J connectivity index is 1.85. The van der Waals surface area contributed by atoms with Crippen molar-refractivity contribution in [3.63, 3.8) is 0 Å². The number of hydrogen-bond donors (Lipinski definition) is 2. The highest BCUT2D eigenvalue weighted by Gasteiger charge is 2.16. The van der Waals surface area contributed by atoms with Crippen LogP contribution in [0.2, 0.25) is 0 Å². The van der Waals surface area contributed by atoms with Gasteiger partial charge < -0.3 is 14.5 Å². The molecule has 6 nitrogen and oxygen atoms in total. The summed E-state index contributed by atoms with van der Waals surface area (Å²) < 4.78 is 10.5. The van der Waals surface area contributed by atoms with Gasteiger partial charge in [-0.2, -0.15) is 0 Å². The molecule has 0 saturated heterocycles. The van der Waals surface area contributed by atoms with E-state index in [1.165, 1.54) is 0 Å². The maximum atomic E-state index is 11.7. The van der Waals surface area contributed by atoms with Gasteiger partial charge in [0.2, 0.25) is 0 Å². The molecule has 0 radical (unpaired) electrons. The third-order valence-corrected chi connectivity index (χ3v) is 2.89. The third kappa shape index (κ3) is 6.02. The number of furan rings is 1. The van der Waals surface area contributed by atoms with E-state index in [0.29, 0.717) is 5.82 Å². The molecule has 0 spiro atoms. The lowest BCUT2D eigenvalue weighted by atomic mass is 10.2. The first-order chi connectivity index (χ1) is 10.8. The number of anilines is 2. The molecule has 2 N–H and O–H groups in total. The lowest BCUT2D eigenvalue weighted by molar-refractivity contribution is 0.0635. The van der Waals surface area contributed by atoms with Crippen molar-refractivity contribution in [3.05, 3.63) is 42.5 Å². The zero-order valence-corrected chi connectivity index (χ0v) is 13.9. The van der Waals surface area contributed by atoms with Gasteiger partial charge >= 0.3 is 6.09 Å². The smallest absolute Gasteiger partial charge is 0.413 e. The van der Waals surface area contributed by atoms with Gasteiger partial charge in [0, 0.05) is 12.5 Å². The molecule has 2 rings (SSSR count). The van der Waals surface area contributed by atoms with Crippen LogP contribution in [0.15, 0.2) is 41.1 Å². The van der Waals surface area contributed by atoms with Crippen LogP contribution in [0.1, 0.15) is 33.5 Å². The first kappa shape index (κ1) is 16.9. The Kier molecular flexibility index (Phi) is 5.26. The number of aromatic nitrogens is 1. The van der Waals surface area contributed by atoms with Crippen LogP contribution >= 0.6 is 0 Å². The summed E-state index contributed by atoms with van der Waals surface area (Å²) in [7, 11) is 0. The molecule has 0 aromatic carbocycles. The van der Waals surface area contributed by atoms with E-state index in [4.69, 9.17) is 9.15 Å². The van der Waals surface area contributed by atoms with Crippen molar-refractivity contribution in [1.82, 2.24) is 4.98 Å². The van der Waals surface area contributed by atoms with Crippen LogP contribution in [0.3, 0.4) is 0 Å². The number of carbonyl (C=O) groups is 1. The Hall–Kier alpha value is -2.50. The van der Waals surface area contributed by atoms with Gasteiger partial charge in [-0.3, -0.25) is 5.32 Å². The number of amides is 1. The molecule has 1 unspecified atom stereocenters. The number of nitrogens with zero attached hydrogens (tertiary/aromatic N) is 1. The Morgan fingerprint density at radius 2 is 2.13 bits per heavy atom. The fraction of sp³-hybridized carbons (Fsp3) is 0.412. The molecule has 124 valence electrons. The Bertz CT molecular complexity index is 616. The predicted molar refractivity (Wildman–Crippen MR) is 89.6 cm³/mol. The summed E-state index contributed by atoms with van der Waals surface area (Å²) in [4.78, 5) is 15.9. The molecule has 2 aromatic rings. The topological polar surface area (TPSA) is 76.4 Å². The van der Waals surface area contributed by atoms with E-state index in [0.717, 1.165) is 17.9 Å². The lowest BCUT2D eigenvalue weighted by Gasteiger charge is -2.19. The Labute approximate surface area is 136 Å². The highest BCUT2D eigenvalue weighted by molar-refractivity contribution is 5.83. The lowest BCUT2D eigenvalue weighted by Crippen LogP contribution is -2.27. The predicted octanol–water partition coefficient (Wildman–Crippen LogP) is 4.06. The van der Waals surface area contributed by atoms with Crippen LogP contribution in [-0.4, -0.2) is 22.7 Å². The van der Waals surface area contributed by atoms with Crippen LogP contribution in [0, 0.1) is 0 Å². The van der Waals surface area contributed by atoms with Crippen molar-refractivity contribution in [3.8, 4) is 0 Å². The maximum absolute atomic E-state index is 11.7. The highest BCUT2D eigenvalue weighted by Crippen LogP contribution is 2.14. The summed E-state index contributed by atoms with van der Waals surface area (Å²) in [6.45, 7) is 7.50. The average molecular weight is 317 g/mol. The molecule has 6 heteroatoms. The fourth-order valence-corrected chi connectivity index (χ4v) is 2.03. The van der Waals surface area contributed by atoms with Gasteiger partial charge in [0.15, 0.2) is 0 Å². The summed E-state index contributed by atoms with van der Waals surface area (Å²) in [6.07, 6.45) is 3.61. The van der Waals surface area contributed by atoms with Crippen LogP contribution in [0.5, 0.6) is 0 Å². The van der Waals surface area contributed by atoms with Crippen LogP contribution in [0.4, 0.5) is 16.3 Å². The number of pyridine rings is 1. The van der Waals surface area contributed by atoms with E-state index >= 15 is 0 Å². The molecule has 2 aromatic heterocycles. The average Bonchev–Trinajstić information content (AvgIpc) is 2.91. The summed E-state index contributed by atoms with van der Waals surface area (Å²) in [5.41, 5.74) is 0.339. The molecule has 0 bridgehead atoms. The van der Waals surface area contributed by atoms with Gasteiger partial charge in [-0.1, -0.05) is 0 Å². The third-order valence-electron chi connectivity index (χ3n) is 2.89. The zero-order valence-electron chi connectivity index (χ0n) is 13.9. The minimum atomic E-state index is -0.535. The van der Waals surface area contributed by atoms with Crippen molar-refractivity contribution in [2.45, 2.75) is 45.8 Å². The van der Waals surface area contributed by atoms with Gasteiger partial charge in [-0.05, 0) is 52.0 Å². The SMILES string of the molecule is CC(Cc1ccco1)Nc1ccc(NC(=O)OC(C)(C)C)nc1. The largest absolute Gasteiger partial charge is 0.469 e. The molecule has 1 amide bonds. The van der Waals surface area contributed by atoms with Crippen molar-refractivity contribution < 1.29 is 13.9 Å². The fourth-order valence-electron chi connectivity index (χ4n) is 2.03. The Morgan fingerprint density at radius 1 is 1.35 bits per heavy atom. The molecule has 23 heavy (non-hydrogen) atoms. The monoisotopic (exact) mass is 317 g/mol. The van der Waals surface area contributed by atoms with Gasteiger partial charge in [0.1, 0.15) is 17.2 Å². The van der Waals surface area contributed by atoms with Crippen molar-refractivity contribution in [2.75, 3.05) is 10.6 Å². The van der Waals surface area contributed by atoms with E-state index in [-0.39, 0.29) is 6.04 Å². The van der Waals surface area contributed by atoms with Gasteiger partial charge in [0.05, 0.1) is 18.1 Å². The van der Waals surface area contributed by atoms with E-state index in [1.807, 2.05) is 39.0 Å². The van der Waals surface area contributed by atoms with E-state index in [2.05, 4.69) is 22.5 Å². The van der Waals surface area contributed by atoms with E-state index in [9.17, 15) is 4.79 Å². The summed E-state index contributed by atoms with van der Waals surface area (Å²) in [5.74, 6) is 1.38. The first-order valence-electron chi connectivity index (χ1n) is 7.57. The summed E-state index contributed by atoms with van der Waals surface area (Å²) >= 11 is 0. The molecule has 2 heterocycles. The van der Waals surface area contributed by atoms with Crippen molar-refractivity contribution in [2.24, 2.45) is 0 Å². The second kappa shape index (κ2) is 7.17. The summed E-state index contributed by atoms with van der Waals surface area (Å²) in [5, 5.41) is 5.93. The quantitative estimate of drug-likeness (QED) is 0.869. The molecule has 0 aliphatic rings. The zero-order chi connectivity index (χ0) is 16.9. The Morgan fingerprint density at radius 3 is 2.70 bits per heavy atom. The van der Waals surface area contributed by atoms with Gasteiger partial charge in [-0.25, -0.2) is 9.78 Å². The standard InChI is InChI=1S/C17H23N3O3/c1-12(10-14-6-5-9-22-14)19-13-7-8-15(18-11-13)20-16(21)23-17(2,3)4/h5-9,11-12,19H,10H2,1-4H3,(H,18,20,21). The van der Waals surface area contributed by atoms with Crippen molar-refractivity contribution >= 4 is 17.6 Å². The number of hydrogen-bond acceptors (Lipinski definition) is 5. The number of nitrogens with one attached hydrogen (secondary N) is 2. The van der Waals surface area contributed by atoms with Crippen LogP contribution < -0.4 is 10.6 Å². The molecule has 1 atom stereocenters. The molecule has 0 fully saturated rings. The molecular weight excluding hydrogens is 294 g/mol. The minimum Gasteiger partial charge on any atom is -0.469 e. The molecule has 0 saturated carbocycles. The number of rotatable bonds is 5. The minimum absolute atomic E-state index is 0.201. The highest BCUT2D eigenvalue weighted by atomic mass is 16.6. The molecular formula is C17H23N3O3. The second-order valence-electron chi connectivity index (χ2n) is 6.39. The number of carbonyl (C=O) groups excluding carboxylic acids is 1. The van der Waals surface area contributed by atoms with Crippen molar-refractivity contribution in [1.29, 1.82) is 0 Å². The van der Waals surface area contributed by atoms with Crippen LogP contribution in [0.25, 0.3) is 0 Å². The second-order valence-corrected chi connectivity index (χ2v) is 6.39. The normalized spacial score (nSPS) is 12.5. The van der Waals surface area contributed by atoms with E-state index in [1.54, 1.807) is 18.5 Å². The summed E-state index contributed by atoms with van der Waals surface area (Å²) in [6, 6.07) is 7.61. The number of ether oxygens (including phenoxy) is 1. The van der Waals surface area contributed by atoms with Crippen LogP contribution in [-0.2, 0) is 11.2 Å². The molecule has 0 aliphatic carbocycles. The van der Waals surface area contributed by atoms with Gasteiger partial charge in [0.25, 0.3) is 0 Å². The van der Waals surface area contributed by atoms with E-state index < -0.39 is 11.7 Å². The molecule has 0 aliphatic heterocycles. The first-order valence-corrected chi connectivity index (χ1v) is 7.57.